The molecule has 0 atom stereocenters. The highest BCUT2D eigenvalue weighted by molar-refractivity contribution is 6.27. The molecule has 3 nitrogen and oxygen atoms in total. The van der Waals surface area contributed by atoms with Crippen molar-refractivity contribution in [3.05, 3.63) is 11.2 Å². The molecular formula is C9H13ClN2O. The first-order valence-electron chi connectivity index (χ1n) is 4.70. The monoisotopic (exact) mass is 200 g/mol. The summed E-state index contributed by atoms with van der Waals surface area (Å²) in [6.07, 6.45) is 6.07. The topological polar surface area (TPSA) is 38.9 Å². The highest BCUT2D eigenvalue weighted by Crippen LogP contribution is 2.38. The molecule has 13 heavy (non-hydrogen) atoms. The van der Waals surface area contributed by atoms with Crippen molar-refractivity contribution in [2.75, 3.05) is 0 Å². The van der Waals surface area contributed by atoms with Crippen LogP contribution in [0.25, 0.3) is 0 Å². The lowest BCUT2D eigenvalue weighted by atomic mass is 9.76. The second-order valence-electron chi connectivity index (χ2n) is 3.98. The van der Waals surface area contributed by atoms with E-state index in [1.807, 2.05) is 0 Å². The van der Waals surface area contributed by atoms with Crippen molar-refractivity contribution in [1.29, 1.82) is 0 Å². The Labute approximate surface area is 82.5 Å². The predicted octanol–water partition coefficient (Wildman–Crippen LogP) is 2.94. The van der Waals surface area contributed by atoms with Crippen molar-refractivity contribution in [2.24, 2.45) is 0 Å². The van der Waals surface area contributed by atoms with Crippen LogP contribution in [0.4, 0.5) is 0 Å². The zero-order valence-electron chi connectivity index (χ0n) is 7.72. The molecule has 1 aliphatic rings. The average Bonchev–Trinajstić information content (AvgIpc) is 2.54. The summed E-state index contributed by atoms with van der Waals surface area (Å²) in [4.78, 5) is 0. The Morgan fingerprint density at radius 3 is 2.46 bits per heavy atom. The minimum Gasteiger partial charge on any atom is -0.412 e. The molecule has 0 aliphatic heterocycles. The summed E-state index contributed by atoms with van der Waals surface area (Å²) in [5.41, 5.74) is 0.0678. The third kappa shape index (κ3) is 1.70. The van der Waals surface area contributed by atoms with Gasteiger partial charge in [0.2, 0.25) is 5.89 Å². The Morgan fingerprint density at radius 2 is 1.92 bits per heavy atom. The molecule has 0 saturated heterocycles. The molecular weight excluding hydrogens is 188 g/mol. The van der Waals surface area contributed by atoms with Crippen LogP contribution in [-0.2, 0) is 5.41 Å². The van der Waals surface area contributed by atoms with E-state index < -0.39 is 0 Å². The van der Waals surface area contributed by atoms with Crippen molar-refractivity contribution in [2.45, 2.75) is 44.4 Å². The van der Waals surface area contributed by atoms with Crippen LogP contribution in [0.15, 0.2) is 4.42 Å². The van der Waals surface area contributed by atoms with Crippen molar-refractivity contribution < 1.29 is 4.42 Å². The number of hydrogen-bond donors (Lipinski definition) is 0. The van der Waals surface area contributed by atoms with Gasteiger partial charge < -0.3 is 4.42 Å². The van der Waals surface area contributed by atoms with Crippen molar-refractivity contribution in [1.82, 2.24) is 10.2 Å². The van der Waals surface area contributed by atoms with Crippen LogP contribution < -0.4 is 0 Å². The Bertz CT molecular complexity index is 292. The van der Waals surface area contributed by atoms with Gasteiger partial charge in [0, 0.05) is 5.41 Å². The van der Waals surface area contributed by atoms with Crippen LogP contribution >= 0.6 is 11.6 Å². The summed E-state index contributed by atoms with van der Waals surface area (Å²) in [7, 11) is 0. The van der Waals surface area contributed by atoms with Crippen molar-refractivity contribution >= 4 is 11.6 Å². The number of aromatic nitrogens is 2. The first-order chi connectivity index (χ1) is 6.21. The SMILES string of the molecule is CC1(c2nnc(Cl)o2)CCCCC1. The summed E-state index contributed by atoms with van der Waals surface area (Å²) >= 11 is 5.60. The van der Waals surface area contributed by atoms with Crippen LogP contribution in [0, 0.1) is 0 Å². The van der Waals surface area contributed by atoms with Crippen LogP contribution in [0.3, 0.4) is 0 Å². The average molecular weight is 201 g/mol. The maximum absolute atomic E-state index is 5.60. The molecule has 1 aliphatic carbocycles. The molecule has 0 aromatic carbocycles. The van der Waals surface area contributed by atoms with Gasteiger partial charge in [-0.25, -0.2) is 0 Å². The van der Waals surface area contributed by atoms with Crippen molar-refractivity contribution in [3.63, 3.8) is 0 Å². The van der Waals surface area contributed by atoms with Gasteiger partial charge >= 0.3 is 5.35 Å². The number of hydrogen-bond acceptors (Lipinski definition) is 3. The second-order valence-corrected chi connectivity index (χ2v) is 4.30. The molecule has 0 unspecified atom stereocenters. The Morgan fingerprint density at radius 1 is 1.23 bits per heavy atom. The lowest BCUT2D eigenvalue weighted by Gasteiger charge is -2.29. The van der Waals surface area contributed by atoms with Crippen LogP contribution in [0.5, 0.6) is 0 Å². The van der Waals surface area contributed by atoms with E-state index in [2.05, 4.69) is 17.1 Å². The molecule has 1 aromatic heterocycles. The third-order valence-corrected chi connectivity index (χ3v) is 3.03. The highest BCUT2D eigenvalue weighted by Gasteiger charge is 2.33. The third-order valence-electron chi connectivity index (χ3n) is 2.87. The smallest absolute Gasteiger partial charge is 0.312 e. The van der Waals surface area contributed by atoms with E-state index in [0.29, 0.717) is 5.89 Å². The molecule has 1 aromatic rings. The molecule has 2 rings (SSSR count). The highest BCUT2D eigenvalue weighted by atomic mass is 35.5. The normalized spacial score (nSPS) is 21.7. The fraction of sp³-hybridized carbons (Fsp3) is 0.778. The van der Waals surface area contributed by atoms with Crippen LogP contribution in [0.2, 0.25) is 5.35 Å². The summed E-state index contributed by atoms with van der Waals surface area (Å²) in [5, 5.41) is 7.80. The largest absolute Gasteiger partial charge is 0.412 e. The van der Waals surface area contributed by atoms with Crippen LogP contribution in [0.1, 0.15) is 44.9 Å². The van der Waals surface area contributed by atoms with Crippen LogP contribution in [-0.4, -0.2) is 10.2 Å². The van der Waals surface area contributed by atoms with E-state index in [1.54, 1.807) is 0 Å². The molecule has 0 spiro atoms. The Hall–Kier alpha value is -0.570. The minimum absolute atomic E-state index is 0.0678. The van der Waals surface area contributed by atoms with E-state index in [1.165, 1.54) is 19.3 Å². The quantitative estimate of drug-likeness (QED) is 0.700. The number of rotatable bonds is 1. The second kappa shape index (κ2) is 3.29. The van der Waals surface area contributed by atoms with Gasteiger partial charge in [0.25, 0.3) is 0 Å². The standard InChI is InChI=1S/C9H13ClN2O/c1-9(5-3-2-4-6-9)7-11-12-8(10)13-7/h2-6H2,1H3. The van der Waals surface area contributed by atoms with Gasteiger partial charge in [0.05, 0.1) is 0 Å². The Balaban J connectivity index is 2.22. The minimum atomic E-state index is 0.0678. The molecule has 1 saturated carbocycles. The summed E-state index contributed by atoms with van der Waals surface area (Å²) in [6, 6.07) is 0. The van der Waals surface area contributed by atoms with Gasteiger partial charge in [0.15, 0.2) is 0 Å². The first-order valence-corrected chi connectivity index (χ1v) is 5.08. The van der Waals surface area contributed by atoms with Gasteiger partial charge in [-0.15, -0.1) is 5.10 Å². The van der Waals surface area contributed by atoms with E-state index >= 15 is 0 Å². The van der Waals surface area contributed by atoms with E-state index in [9.17, 15) is 0 Å². The Kier molecular flexibility index (Phi) is 2.28. The summed E-state index contributed by atoms with van der Waals surface area (Å²) in [6.45, 7) is 2.18. The van der Waals surface area contributed by atoms with Gasteiger partial charge in [-0.1, -0.05) is 31.3 Å². The molecule has 0 bridgehead atoms. The molecule has 4 heteroatoms. The molecule has 0 N–H and O–H groups in total. The maximum atomic E-state index is 5.60. The fourth-order valence-corrected chi connectivity index (χ4v) is 2.11. The molecule has 0 radical (unpaired) electrons. The summed E-state index contributed by atoms with van der Waals surface area (Å²) in [5.74, 6) is 0.706. The first kappa shape index (κ1) is 9.00. The predicted molar refractivity (Wildman–Crippen MR) is 49.7 cm³/mol. The number of halogens is 1. The van der Waals surface area contributed by atoms with E-state index in [0.717, 1.165) is 12.8 Å². The van der Waals surface area contributed by atoms with Gasteiger partial charge in [-0.05, 0) is 24.4 Å². The number of nitrogens with zero attached hydrogens (tertiary/aromatic N) is 2. The van der Waals surface area contributed by atoms with E-state index in [-0.39, 0.29) is 10.8 Å². The maximum Gasteiger partial charge on any atom is 0.312 e. The zero-order chi connectivity index (χ0) is 9.31. The molecule has 1 fully saturated rings. The molecule has 1 heterocycles. The summed E-state index contributed by atoms with van der Waals surface area (Å²) < 4.78 is 5.27. The lowest BCUT2D eigenvalue weighted by molar-refractivity contribution is 0.257. The molecule has 72 valence electrons. The van der Waals surface area contributed by atoms with Gasteiger partial charge in [-0.2, -0.15) is 0 Å². The lowest BCUT2D eigenvalue weighted by Crippen LogP contribution is -2.25. The fourth-order valence-electron chi connectivity index (χ4n) is 2.00. The van der Waals surface area contributed by atoms with E-state index in [4.69, 9.17) is 16.0 Å². The van der Waals surface area contributed by atoms with Gasteiger partial charge in [-0.3, -0.25) is 0 Å². The zero-order valence-corrected chi connectivity index (χ0v) is 8.47. The van der Waals surface area contributed by atoms with Gasteiger partial charge in [0.1, 0.15) is 0 Å². The molecule has 0 amide bonds. The van der Waals surface area contributed by atoms with Crippen molar-refractivity contribution in [3.8, 4) is 0 Å².